The van der Waals surface area contributed by atoms with Gasteiger partial charge in [-0.05, 0) is 83.8 Å². The van der Waals surface area contributed by atoms with Crippen molar-refractivity contribution in [3.8, 4) is 0 Å². The van der Waals surface area contributed by atoms with E-state index in [-0.39, 0.29) is 149 Å². The lowest BCUT2D eigenvalue weighted by Gasteiger charge is -2.42. The number of hydrogen-bond donors (Lipinski definition) is 4. The lowest BCUT2D eigenvalue weighted by molar-refractivity contribution is -0.205. The molecule has 0 spiro atoms. The number of nitrogens with one attached hydrogen (secondary N) is 4. The summed E-state index contributed by atoms with van der Waals surface area (Å²) in [6, 6.07) is -3.35. The molecule has 4 N–H and O–H groups in total. The number of hydroxylamine groups is 2. The van der Waals surface area contributed by atoms with Crippen LogP contribution in [0.25, 0.3) is 0 Å². The van der Waals surface area contributed by atoms with Crippen molar-refractivity contribution in [2.24, 2.45) is 11.8 Å². The molecule has 6 aliphatic heterocycles. The first-order valence-electron chi connectivity index (χ1n) is 33.7. The number of Topliss-reactive ketones (excluding diaryl/α,β-unsaturated/α-hetero) is 1. The molecule has 6 heterocycles. The zero-order valence-corrected chi connectivity index (χ0v) is 65.6. The fourth-order valence-electron chi connectivity index (χ4n) is 11.9. The number of alkyl halides is 1. The van der Waals surface area contributed by atoms with Gasteiger partial charge in [-0.2, -0.15) is 5.06 Å². The standard InChI is InChI=1S/C16H29B2NO7.C15H29B2N2O5P.C14H24B2N4O4.C12H23B2N2O6P.C2H5I/c1-19(6-9-10(7-20-2)25-15(17)12(9)21-3)24-8-11-13(22-4)14(23-5)16(18)26-11;1-11-5-12(23-14(16)6-11)10-22-25(20,18(2)3)19-7-13(9-21-4)24-15(17)8-19;1-11(21)9-19(13(23)7-15)6-4-18-12(22)10-20(5-3-17-2)14(24)8-16;1-15-7-3-11(13)22-10(7)6-20-23(17,18)16-8-4-12(14)21-9(8)5-19-2;1-2-3/h9-16H,6-8H2,1-5H3;11-15H,5-10H2,1-4H3;17H,3-10H2,1-2H3,(H,18,22);7-12,15H,3-6H2,1-2H3,(H2,16,17,18);2H2,1H3/p-1/t9-,10?,11?,12-,13-,14-,15-,16-;11?,12-,13-,14+,15+,25?;;7-,8-,9+,10+,11+,12+;/m10.0./s1. The van der Waals surface area contributed by atoms with Crippen molar-refractivity contribution in [2.75, 3.05) is 181 Å². The van der Waals surface area contributed by atoms with Gasteiger partial charge in [-0.1, -0.05) is 36.4 Å². The van der Waals surface area contributed by atoms with Crippen molar-refractivity contribution < 1.29 is 104 Å². The molecule has 0 bridgehead atoms. The Morgan fingerprint density at radius 1 is 0.614 bits per heavy atom. The van der Waals surface area contributed by atoms with Crippen LogP contribution in [-0.4, -0.2) is 394 Å². The SMILES string of the molecule is CCI.[B]CC(=O)N(CCNC(=O)CN(CCNC)C(=O)C[B])CC(C)=O.[B][C@@H]1OC(COC)[C@@H](CN(C)OCC2O[C@@H]([B])[C@H](OC)[C@@H]2OC)[C@H]1OC.[B][C@H]1CC(C)C[C@@H](COP(=O)(N(C)C)N2C[C@@H](COC)O[C@@H]([B])C2)O1.[B][C@H]1C[C@H](NC)[C@@H](COP(=O)([O-])N[C@H]2C[C@H]([B])O[C@@H]2COC)O1. The monoisotopic (exact) mass is 1570 g/mol. The molecular formula is C59H109B8IN9O22P2-. The minimum Gasteiger partial charge on any atom is -0.766 e. The molecule has 564 valence electrons. The average Bonchev–Trinajstić information content (AvgIpc) is 1.14. The molecule has 6 aliphatic rings. The maximum absolute atomic E-state index is 13.6. The first kappa shape index (κ1) is 96.0. The summed E-state index contributed by atoms with van der Waals surface area (Å²) in [7, 11) is 56.7. The first-order valence-corrected chi connectivity index (χ1v) is 38.3. The second kappa shape index (κ2) is 51.3. The summed E-state index contributed by atoms with van der Waals surface area (Å²) in [5, 5.41) is 12.7. The van der Waals surface area contributed by atoms with Crippen molar-refractivity contribution in [1.29, 1.82) is 0 Å². The van der Waals surface area contributed by atoms with E-state index in [1.54, 1.807) is 78.1 Å². The number of carbonyl (C=O) groups excluding carboxylic acids is 4. The molecule has 6 rings (SSSR count). The van der Waals surface area contributed by atoms with Crippen LogP contribution >= 0.6 is 38.0 Å². The van der Waals surface area contributed by atoms with Crippen LogP contribution in [0.2, 0.25) is 12.6 Å². The first-order chi connectivity index (χ1) is 47.8. The Bertz CT molecular complexity index is 2420. The van der Waals surface area contributed by atoms with E-state index in [0.29, 0.717) is 64.7 Å². The van der Waals surface area contributed by atoms with Crippen LogP contribution < -0.4 is 25.9 Å². The highest BCUT2D eigenvalue weighted by Crippen LogP contribution is 2.54. The van der Waals surface area contributed by atoms with Gasteiger partial charge in [0.25, 0.3) is 0 Å². The molecule has 42 heteroatoms. The minimum atomic E-state index is -4.28. The summed E-state index contributed by atoms with van der Waals surface area (Å²) in [4.78, 5) is 66.9. The van der Waals surface area contributed by atoms with E-state index in [2.05, 4.69) is 57.5 Å². The highest BCUT2D eigenvalue weighted by atomic mass is 127. The molecule has 0 aromatic rings. The Hall–Kier alpha value is -1.09. The third kappa shape index (κ3) is 34.6. The number of rotatable bonds is 37. The molecule has 6 fully saturated rings. The van der Waals surface area contributed by atoms with Crippen LogP contribution in [0.15, 0.2) is 0 Å². The quantitative estimate of drug-likeness (QED) is 0.0160. The maximum Gasteiger partial charge on any atom is 0.345 e. The van der Waals surface area contributed by atoms with Crippen LogP contribution in [0.3, 0.4) is 0 Å². The van der Waals surface area contributed by atoms with Gasteiger partial charge in [-0.3, -0.25) is 38.2 Å². The smallest absolute Gasteiger partial charge is 0.345 e. The second-order valence-electron chi connectivity index (χ2n) is 25.0. The van der Waals surface area contributed by atoms with Crippen molar-refractivity contribution >= 4 is 124 Å². The molecule has 6 saturated heterocycles. The van der Waals surface area contributed by atoms with E-state index >= 15 is 0 Å². The number of halogens is 1. The van der Waals surface area contributed by atoms with Gasteiger partial charge < -0.3 is 96.5 Å². The summed E-state index contributed by atoms with van der Waals surface area (Å²) >= 11 is 2.29. The van der Waals surface area contributed by atoms with Gasteiger partial charge in [0, 0.05) is 150 Å². The molecular weight excluding hydrogens is 1460 g/mol. The Morgan fingerprint density at radius 2 is 1.14 bits per heavy atom. The van der Waals surface area contributed by atoms with Gasteiger partial charge in [0.15, 0.2) is 0 Å². The number of morpholine rings is 1. The van der Waals surface area contributed by atoms with Gasteiger partial charge in [-0.25, -0.2) is 9.34 Å². The molecule has 21 atom stereocenters. The number of amides is 3. The van der Waals surface area contributed by atoms with E-state index < -0.39 is 63.7 Å². The van der Waals surface area contributed by atoms with Gasteiger partial charge in [0.1, 0.15) is 71.2 Å². The summed E-state index contributed by atoms with van der Waals surface area (Å²) in [5.41, 5.74) is 0. The van der Waals surface area contributed by atoms with Gasteiger partial charge in [0.2, 0.25) is 25.5 Å². The summed E-state index contributed by atoms with van der Waals surface area (Å²) in [5.74, 6) is -0.758. The molecule has 101 heavy (non-hydrogen) atoms. The third-order valence-electron chi connectivity index (χ3n) is 16.6. The van der Waals surface area contributed by atoms with Gasteiger partial charge >= 0.3 is 7.67 Å². The maximum atomic E-state index is 13.6. The number of ether oxygens (including phenoxy) is 12. The fourth-order valence-corrected chi connectivity index (χ4v) is 15.0. The highest BCUT2D eigenvalue weighted by molar-refractivity contribution is 14.1. The number of carbonyl (C=O) groups is 4. The molecule has 16 radical (unpaired) electrons. The minimum absolute atomic E-state index is 0.0108. The van der Waals surface area contributed by atoms with Crippen LogP contribution in [-0.2, 0) is 99.0 Å². The van der Waals surface area contributed by atoms with Crippen LogP contribution in [0.1, 0.15) is 46.5 Å². The third-order valence-corrected chi connectivity index (χ3v) is 20.3. The largest absolute Gasteiger partial charge is 0.766 e. The second-order valence-corrected chi connectivity index (χ2v) is 30.6. The number of hydrogen-bond acceptors (Lipinski definition) is 25. The zero-order valence-electron chi connectivity index (χ0n) is 61.6. The molecule has 31 nitrogen and oxygen atoms in total. The topological polar surface area (TPSA) is 328 Å². The van der Waals surface area contributed by atoms with Crippen molar-refractivity contribution in [3.05, 3.63) is 0 Å². The van der Waals surface area contributed by atoms with E-state index in [9.17, 15) is 33.2 Å². The number of nitrogens with zero attached hydrogens (tertiary/aromatic N) is 5. The van der Waals surface area contributed by atoms with Gasteiger partial charge in [0.05, 0.1) is 105 Å². The van der Waals surface area contributed by atoms with Crippen molar-refractivity contribution in [2.45, 2.75) is 162 Å². The normalized spacial score (nSPS) is 31.4. The molecule has 0 aromatic heterocycles. The predicted octanol–water partition coefficient (Wildman–Crippen LogP) is -2.82. The van der Waals surface area contributed by atoms with Crippen LogP contribution in [0.5, 0.6) is 0 Å². The Morgan fingerprint density at radius 3 is 1.67 bits per heavy atom. The lowest BCUT2D eigenvalue weighted by Crippen LogP contribution is -2.49. The summed E-state index contributed by atoms with van der Waals surface area (Å²) in [6.07, 6.45) is -0.349. The molecule has 3 amide bonds. The zero-order chi connectivity index (χ0) is 76.2. The van der Waals surface area contributed by atoms with E-state index in [4.69, 9.17) is 133 Å². The predicted molar refractivity (Wildman–Crippen MR) is 393 cm³/mol. The van der Waals surface area contributed by atoms with Crippen LogP contribution in [0.4, 0.5) is 0 Å². The van der Waals surface area contributed by atoms with E-state index in [1.807, 2.05) is 7.05 Å². The average molecular weight is 1570 g/mol. The van der Waals surface area contributed by atoms with E-state index in [0.717, 1.165) is 12.8 Å². The Balaban J connectivity index is 0.000000452. The highest BCUT2D eigenvalue weighted by Gasteiger charge is 2.46. The number of methoxy groups -OCH3 is 6. The molecule has 0 aliphatic carbocycles. The lowest BCUT2D eigenvalue weighted by atomic mass is 9.84. The van der Waals surface area contributed by atoms with Gasteiger partial charge in [-0.15, -0.1) is 0 Å². The van der Waals surface area contributed by atoms with Crippen molar-refractivity contribution in [1.82, 2.24) is 45.2 Å². The van der Waals surface area contributed by atoms with Crippen LogP contribution in [0, 0.1) is 11.8 Å². The molecule has 5 unspecified atom stereocenters. The molecule has 0 saturated carbocycles. The Kier molecular flexibility index (Phi) is 48.8. The summed E-state index contributed by atoms with van der Waals surface area (Å²) in [6.45, 7) is 9.48. The van der Waals surface area contributed by atoms with E-state index in [1.165, 1.54) is 28.3 Å². The molecule has 0 aromatic carbocycles. The summed E-state index contributed by atoms with van der Waals surface area (Å²) < 4.78 is 107. The number of likely N-dealkylation sites (N-methyl/N-ethyl adjacent to an activating group) is 2. The fraction of sp³-hybridized carbons (Fsp3) is 0.932. The van der Waals surface area contributed by atoms with Crippen molar-refractivity contribution in [3.63, 3.8) is 0 Å². The number of ketones is 1. The Labute approximate surface area is 624 Å².